The second-order valence-electron chi connectivity index (χ2n) is 7.38. The fourth-order valence-corrected chi connectivity index (χ4v) is 4.67. The topological polar surface area (TPSA) is 44.0 Å². The summed E-state index contributed by atoms with van der Waals surface area (Å²) in [5.74, 6) is -0.208. The number of rotatable bonds is 2. The van der Waals surface area contributed by atoms with Crippen molar-refractivity contribution in [1.82, 2.24) is 15.3 Å². The van der Waals surface area contributed by atoms with Crippen LogP contribution in [0.3, 0.4) is 0 Å². The maximum absolute atomic E-state index is 14.1. The zero-order valence-electron chi connectivity index (χ0n) is 15.6. The van der Waals surface area contributed by atoms with E-state index < -0.39 is 0 Å². The zero-order valence-corrected chi connectivity index (χ0v) is 15.6. The van der Waals surface area contributed by atoms with Crippen molar-refractivity contribution in [1.29, 1.82) is 0 Å². The number of halogens is 1. The summed E-state index contributed by atoms with van der Waals surface area (Å²) in [6.07, 6.45) is 6.05. The van der Waals surface area contributed by atoms with Gasteiger partial charge in [-0.25, -0.2) is 9.37 Å². The predicted molar refractivity (Wildman–Crippen MR) is 108 cm³/mol. The van der Waals surface area contributed by atoms with Gasteiger partial charge in [-0.15, -0.1) is 0 Å². The molecule has 138 valence electrons. The van der Waals surface area contributed by atoms with Gasteiger partial charge in [0.2, 0.25) is 0 Å². The number of hydrogen-bond acceptors (Lipinski definition) is 3. The van der Waals surface area contributed by atoms with Gasteiger partial charge in [0, 0.05) is 47.7 Å². The molecule has 1 atom stereocenters. The number of pyridine rings is 1. The average molecular weight is 362 g/mol. The minimum Gasteiger partial charge on any atom is -0.367 e. The first-order chi connectivity index (χ1) is 13.2. The van der Waals surface area contributed by atoms with E-state index in [9.17, 15) is 4.39 Å². The first-order valence-electron chi connectivity index (χ1n) is 9.62. The van der Waals surface area contributed by atoms with Crippen LogP contribution in [-0.4, -0.2) is 30.1 Å². The Morgan fingerprint density at radius 1 is 1.26 bits per heavy atom. The summed E-state index contributed by atoms with van der Waals surface area (Å²) >= 11 is 0. The Labute approximate surface area is 158 Å². The molecule has 0 fully saturated rings. The molecule has 2 N–H and O–H groups in total. The first kappa shape index (κ1) is 16.5. The fourth-order valence-electron chi connectivity index (χ4n) is 4.67. The minimum absolute atomic E-state index is 0.208. The highest BCUT2D eigenvalue weighted by atomic mass is 19.1. The van der Waals surface area contributed by atoms with E-state index in [1.165, 1.54) is 16.8 Å². The maximum Gasteiger partial charge on any atom is 0.138 e. The largest absolute Gasteiger partial charge is 0.367 e. The number of aromatic nitrogens is 2. The van der Waals surface area contributed by atoms with Gasteiger partial charge >= 0.3 is 0 Å². The highest BCUT2D eigenvalue weighted by Crippen LogP contribution is 2.48. The highest BCUT2D eigenvalue weighted by Gasteiger charge is 2.31. The van der Waals surface area contributed by atoms with Crippen molar-refractivity contribution < 1.29 is 4.39 Å². The summed E-state index contributed by atoms with van der Waals surface area (Å²) in [5.41, 5.74) is 7.78. The third-order valence-electron chi connectivity index (χ3n) is 5.93. The smallest absolute Gasteiger partial charge is 0.138 e. The molecule has 0 unspecified atom stereocenters. The highest BCUT2D eigenvalue weighted by molar-refractivity contribution is 6.03. The molecule has 0 saturated heterocycles. The Bertz CT molecular complexity index is 1070. The first-order valence-corrected chi connectivity index (χ1v) is 9.62. The van der Waals surface area contributed by atoms with E-state index in [1.54, 1.807) is 12.1 Å². The summed E-state index contributed by atoms with van der Waals surface area (Å²) < 4.78 is 14.1. The van der Waals surface area contributed by atoms with Crippen LogP contribution in [0.1, 0.15) is 37.1 Å². The molecule has 0 saturated carbocycles. The van der Waals surface area contributed by atoms with E-state index in [-0.39, 0.29) is 11.9 Å². The van der Waals surface area contributed by atoms with Crippen LogP contribution < -0.4 is 10.2 Å². The van der Waals surface area contributed by atoms with Gasteiger partial charge in [0.25, 0.3) is 0 Å². The molecular formula is C22H23FN4. The quantitative estimate of drug-likeness (QED) is 0.698. The fraction of sp³-hybridized carbons (Fsp3) is 0.318. The summed E-state index contributed by atoms with van der Waals surface area (Å²) in [7, 11) is 2.11. The van der Waals surface area contributed by atoms with E-state index in [4.69, 9.17) is 0 Å². The van der Waals surface area contributed by atoms with Crippen LogP contribution in [0.15, 0.2) is 36.5 Å². The van der Waals surface area contributed by atoms with E-state index in [2.05, 4.69) is 40.2 Å². The summed E-state index contributed by atoms with van der Waals surface area (Å²) in [6, 6.07) is 7.33. The molecule has 0 radical (unpaired) electrons. The van der Waals surface area contributed by atoms with Crippen LogP contribution in [0, 0.1) is 5.82 Å². The molecule has 3 aromatic rings. The van der Waals surface area contributed by atoms with E-state index in [1.807, 2.05) is 18.3 Å². The Hall–Kier alpha value is -2.66. The molecule has 2 aliphatic rings. The lowest BCUT2D eigenvalue weighted by molar-refractivity contribution is 0.625. The minimum atomic E-state index is -0.208. The van der Waals surface area contributed by atoms with Gasteiger partial charge in [-0.3, -0.25) is 0 Å². The van der Waals surface area contributed by atoms with Gasteiger partial charge in [-0.05, 0) is 54.8 Å². The normalized spacial score (nSPS) is 19.0. The van der Waals surface area contributed by atoms with Gasteiger partial charge in [-0.2, -0.15) is 0 Å². The van der Waals surface area contributed by atoms with Crippen LogP contribution >= 0.6 is 0 Å². The number of fused-ring (bicyclic) bond motifs is 2. The number of benzene rings is 1. The van der Waals surface area contributed by atoms with Crippen LogP contribution in [0.5, 0.6) is 0 Å². The lowest BCUT2D eigenvalue weighted by atomic mass is 9.93. The number of anilines is 1. The molecule has 4 heterocycles. The molecule has 0 spiro atoms. The van der Waals surface area contributed by atoms with Crippen molar-refractivity contribution in [3.8, 4) is 11.1 Å². The number of nitrogens with one attached hydrogen (secondary N) is 2. The van der Waals surface area contributed by atoms with E-state index >= 15 is 0 Å². The van der Waals surface area contributed by atoms with Gasteiger partial charge < -0.3 is 15.2 Å². The molecule has 2 aliphatic heterocycles. The second-order valence-corrected chi connectivity index (χ2v) is 7.38. The van der Waals surface area contributed by atoms with E-state index in [0.717, 1.165) is 53.8 Å². The van der Waals surface area contributed by atoms with Gasteiger partial charge in [0.1, 0.15) is 11.5 Å². The van der Waals surface area contributed by atoms with Crippen molar-refractivity contribution in [2.24, 2.45) is 0 Å². The van der Waals surface area contributed by atoms with Crippen LogP contribution in [0.2, 0.25) is 0 Å². The van der Waals surface area contributed by atoms with E-state index in [0.29, 0.717) is 0 Å². The van der Waals surface area contributed by atoms with Crippen LogP contribution in [-0.2, 0) is 0 Å². The molecule has 5 rings (SSSR count). The standard InChI is InChI=1S/C22H23FN4/c1-3-17-20-19-15(16-12-14(23)4-5-18(16)27(17)2)8-11-25-22(19)26-21(20)13-6-9-24-10-7-13/h4-6,8,11-12,17,24H,3,7,9-10H2,1-2H3,(H,25,26)/t17-/m0/s1. The SMILES string of the molecule is CC[C@H]1c2c(C3=CCNCC3)[nH]c3nccc(c23)-c2cc(F)ccc2N1C. The van der Waals surface area contributed by atoms with Crippen molar-refractivity contribution in [3.63, 3.8) is 0 Å². The molecule has 0 aliphatic carbocycles. The predicted octanol–water partition coefficient (Wildman–Crippen LogP) is 4.65. The number of aromatic amines is 1. The zero-order chi connectivity index (χ0) is 18.5. The van der Waals surface area contributed by atoms with Crippen molar-refractivity contribution >= 4 is 22.3 Å². The molecule has 27 heavy (non-hydrogen) atoms. The number of nitrogens with zero attached hydrogens (tertiary/aromatic N) is 2. The summed E-state index contributed by atoms with van der Waals surface area (Å²) in [5, 5.41) is 4.52. The Balaban J connectivity index is 1.88. The molecular weight excluding hydrogens is 339 g/mol. The van der Waals surface area contributed by atoms with Crippen molar-refractivity contribution in [3.05, 3.63) is 53.6 Å². The maximum atomic E-state index is 14.1. The molecule has 4 nitrogen and oxygen atoms in total. The monoisotopic (exact) mass is 362 g/mol. The van der Waals surface area contributed by atoms with Crippen LogP contribution in [0.4, 0.5) is 10.1 Å². The van der Waals surface area contributed by atoms with Crippen LogP contribution in [0.25, 0.3) is 27.7 Å². The molecule has 2 aromatic heterocycles. The van der Waals surface area contributed by atoms with Crippen molar-refractivity contribution in [2.45, 2.75) is 25.8 Å². The lowest BCUT2D eigenvalue weighted by Gasteiger charge is -2.30. The average Bonchev–Trinajstić information content (AvgIpc) is 3.04. The van der Waals surface area contributed by atoms with Gasteiger partial charge in [-0.1, -0.05) is 13.0 Å². The summed E-state index contributed by atoms with van der Waals surface area (Å²) in [4.78, 5) is 10.5. The van der Waals surface area contributed by atoms with Gasteiger partial charge in [0.15, 0.2) is 0 Å². The third kappa shape index (κ3) is 2.42. The lowest BCUT2D eigenvalue weighted by Crippen LogP contribution is -2.25. The molecule has 5 heteroatoms. The second kappa shape index (κ2) is 6.20. The number of hydrogen-bond donors (Lipinski definition) is 2. The van der Waals surface area contributed by atoms with Crippen molar-refractivity contribution in [2.75, 3.05) is 25.0 Å². The Morgan fingerprint density at radius 3 is 2.93 bits per heavy atom. The third-order valence-corrected chi connectivity index (χ3v) is 5.93. The molecule has 0 amide bonds. The Morgan fingerprint density at radius 2 is 2.15 bits per heavy atom. The molecule has 1 aromatic carbocycles. The summed E-state index contributed by atoms with van der Waals surface area (Å²) in [6.45, 7) is 4.09. The molecule has 0 bridgehead atoms. The Kier molecular flexibility index (Phi) is 3.79. The van der Waals surface area contributed by atoms with Gasteiger partial charge in [0.05, 0.1) is 6.04 Å². The number of H-pyrrole nitrogens is 1.